The molecule has 0 unspecified atom stereocenters. The molecule has 0 radical (unpaired) electrons. The third kappa shape index (κ3) is 3.59. The number of hydrogen-bond acceptors (Lipinski definition) is 4. The zero-order chi connectivity index (χ0) is 16.2. The number of carbonyl (C=O) groups is 2. The number of carbonyl (C=O) groups excluding carboxylic acids is 2. The molecule has 2 heterocycles. The molecule has 1 saturated heterocycles. The van der Waals surface area contributed by atoms with Gasteiger partial charge in [-0.1, -0.05) is 18.2 Å². The number of nitrogens with zero attached hydrogens (tertiary/aromatic N) is 2. The Morgan fingerprint density at radius 3 is 2.83 bits per heavy atom. The van der Waals surface area contributed by atoms with Crippen molar-refractivity contribution in [1.82, 2.24) is 5.32 Å². The van der Waals surface area contributed by atoms with E-state index in [0.29, 0.717) is 17.8 Å². The van der Waals surface area contributed by atoms with Gasteiger partial charge in [0.2, 0.25) is 5.91 Å². The first-order valence-electron chi connectivity index (χ1n) is 8.03. The molecule has 0 saturated carbocycles. The van der Waals surface area contributed by atoms with Crippen molar-refractivity contribution in [3.05, 3.63) is 30.3 Å². The van der Waals surface area contributed by atoms with Gasteiger partial charge in [-0.15, -0.1) is 0 Å². The van der Waals surface area contributed by atoms with Gasteiger partial charge in [-0.3, -0.25) is 9.59 Å². The highest BCUT2D eigenvalue weighted by atomic mass is 16.5. The van der Waals surface area contributed by atoms with Gasteiger partial charge in [0.05, 0.1) is 17.8 Å². The Balaban J connectivity index is 1.71. The lowest BCUT2D eigenvalue weighted by molar-refractivity contribution is -0.119. The first kappa shape index (κ1) is 15.7. The molecule has 0 bridgehead atoms. The number of anilines is 1. The van der Waals surface area contributed by atoms with Crippen LogP contribution in [-0.2, 0) is 14.3 Å². The lowest BCUT2D eigenvalue weighted by Crippen LogP contribution is -2.46. The number of amides is 2. The maximum atomic E-state index is 12.4. The van der Waals surface area contributed by atoms with E-state index in [1.807, 2.05) is 25.1 Å². The minimum Gasteiger partial charge on any atom is -0.376 e. The second-order valence-corrected chi connectivity index (χ2v) is 5.90. The lowest BCUT2D eigenvalue weighted by atomic mass is 10.1. The first-order valence-corrected chi connectivity index (χ1v) is 8.03. The molecular formula is C17H21N3O3. The van der Waals surface area contributed by atoms with E-state index in [4.69, 9.17) is 4.74 Å². The maximum absolute atomic E-state index is 12.4. The molecule has 0 aromatic heterocycles. The minimum absolute atomic E-state index is 0.0597. The van der Waals surface area contributed by atoms with Crippen molar-refractivity contribution in [3.8, 4) is 0 Å². The largest absolute Gasteiger partial charge is 0.376 e. The van der Waals surface area contributed by atoms with Crippen molar-refractivity contribution < 1.29 is 14.3 Å². The normalized spacial score (nSPS) is 22.7. The number of hydrogen-bond donors (Lipinski definition) is 1. The SMILES string of the molecule is C[C@@H](NC(=O)C1=NN(c2ccccc2)C(=O)CC1)[C@H]1CCCO1. The number of para-hydroxylation sites is 1. The maximum Gasteiger partial charge on any atom is 0.267 e. The molecule has 1 fully saturated rings. The van der Waals surface area contributed by atoms with Crippen LogP contribution in [-0.4, -0.2) is 36.3 Å². The Kier molecular flexibility index (Phi) is 4.71. The molecule has 0 aliphatic carbocycles. The van der Waals surface area contributed by atoms with Gasteiger partial charge in [-0.2, -0.15) is 5.10 Å². The van der Waals surface area contributed by atoms with Crippen molar-refractivity contribution in [2.45, 2.75) is 44.8 Å². The summed E-state index contributed by atoms with van der Waals surface area (Å²) in [6.07, 6.45) is 2.71. The Hall–Kier alpha value is -2.21. The van der Waals surface area contributed by atoms with Gasteiger partial charge in [0.1, 0.15) is 5.71 Å². The average Bonchev–Trinajstić information content (AvgIpc) is 3.10. The molecule has 1 N–H and O–H groups in total. The fourth-order valence-corrected chi connectivity index (χ4v) is 2.87. The van der Waals surface area contributed by atoms with Gasteiger partial charge in [-0.05, 0) is 31.9 Å². The zero-order valence-electron chi connectivity index (χ0n) is 13.2. The van der Waals surface area contributed by atoms with Gasteiger partial charge in [0.15, 0.2) is 0 Å². The minimum atomic E-state index is -0.221. The topological polar surface area (TPSA) is 71.0 Å². The Morgan fingerprint density at radius 1 is 1.35 bits per heavy atom. The summed E-state index contributed by atoms with van der Waals surface area (Å²) in [5.41, 5.74) is 1.06. The summed E-state index contributed by atoms with van der Waals surface area (Å²) in [5, 5.41) is 8.52. The quantitative estimate of drug-likeness (QED) is 0.922. The summed E-state index contributed by atoms with van der Waals surface area (Å²) in [6, 6.07) is 9.10. The summed E-state index contributed by atoms with van der Waals surface area (Å²) >= 11 is 0. The Labute approximate surface area is 135 Å². The number of nitrogens with one attached hydrogen (secondary N) is 1. The highest BCUT2D eigenvalue weighted by Crippen LogP contribution is 2.20. The second kappa shape index (κ2) is 6.91. The van der Waals surface area contributed by atoms with Gasteiger partial charge < -0.3 is 10.1 Å². The van der Waals surface area contributed by atoms with Crippen molar-refractivity contribution in [1.29, 1.82) is 0 Å². The third-order valence-corrected chi connectivity index (χ3v) is 4.18. The van der Waals surface area contributed by atoms with E-state index < -0.39 is 0 Å². The lowest BCUT2D eigenvalue weighted by Gasteiger charge is -2.25. The van der Waals surface area contributed by atoms with Crippen molar-refractivity contribution in [3.63, 3.8) is 0 Å². The van der Waals surface area contributed by atoms with Crippen molar-refractivity contribution >= 4 is 23.2 Å². The molecule has 2 aliphatic heterocycles. The molecule has 1 aromatic rings. The molecule has 3 rings (SSSR count). The van der Waals surface area contributed by atoms with E-state index in [2.05, 4.69) is 10.4 Å². The molecule has 2 amide bonds. The highest BCUT2D eigenvalue weighted by Gasteiger charge is 2.28. The van der Waals surface area contributed by atoms with Crippen LogP contribution < -0.4 is 10.3 Å². The van der Waals surface area contributed by atoms with E-state index in [0.717, 1.165) is 19.4 Å². The van der Waals surface area contributed by atoms with E-state index in [1.165, 1.54) is 5.01 Å². The van der Waals surface area contributed by atoms with Crippen LogP contribution in [0, 0.1) is 0 Å². The molecule has 0 spiro atoms. The fourth-order valence-electron chi connectivity index (χ4n) is 2.87. The van der Waals surface area contributed by atoms with Crippen molar-refractivity contribution in [2.75, 3.05) is 11.6 Å². The van der Waals surface area contributed by atoms with Crippen LogP contribution in [0.4, 0.5) is 5.69 Å². The Bertz CT molecular complexity index is 609. The number of rotatable bonds is 4. The molecule has 2 aliphatic rings. The van der Waals surface area contributed by atoms with Crippen LogP contribution in [0.1, 0.15) is 32.6 Å². The molecule has 23 heavy (non-hydrogen) atoms. The van der Waals surface area contributed by atoms with E-state index >= 15 is 0 Å². The summed E-state index contributed by atoms with van der Waals surface area (Å²) in [5.74, 6) is -0.318. The first-order chi connectivity index (χ1) is 11.1. The number of hydrazone groups is 1. The summed E-state index contributed by atoms with van der Waals surface area (Å²) in [4.78, 5) is 24.5. The van der Waals surface area contributed by atoms with E-state index in [-0.39, 0.29) is 30.4 Å². The van der Waals surface area contributed by atoms with Crippen LogP contribution in [0.2, 0.25) is 0 Å². The van der Waals surface area contributed by atoms with Crippen LogP contribution in [0.3, 0.4) is 0 Å². The summed E-state index contributed by atoms with van der Waals surface area (Å²) in [7, 11) is 0. The number of benzene rings is 1. The fraction of sp³-hybridized carbons (Fsp3) is 0.471. The standard InChI is InChI=1S/C17H21N3O3/c1-12(15-8-5-11-23-15)18-17(22)14-9-10-16(21)20(19-14)13-6-3-2-4-7-13/h2-4,6-7,12,15H,5,8-11H2,1H3,(H,18,22)/t12-,15-/m1/s1. The van der Waals surface area contributed by atoms with E-state index in [1.54, 1.807) is 12.1 Å². The molecule has 6 heteroatoms. The average molecular weight is 315 g/mol. The number of ether oxygens (including phenoxy) is 1. The summed E-state index contributed by atoms with van der Waals surface area (Å²) in [6.45, 7) is 2.69. The van der Waals surface area contributed by atoms with Gasteiger partial charge in [0.25, 0.3) is 5.91 Å². The summed E-state index contributed by atoms with van der Waals surface area (Å²) < 4.78 is 5.59. The van der Waals surface area contributed by atoms with Gasteiger partial charge >= 0.3 is 0 Å². The predicted octanol–water partition coefficient (Wildman–Crippen LogP) is 1.85. The Morgan fingerprint density at radius 2 is 2.13 bits per heavy atom. The second-order valence-electron chi connectivity index (χ2n) is 5.90. The molecule has 2 atom stereocenters. The van der Waals surface area contributed by atoms with Crippen LogP contribution >= 0.6 is 0 Å². The third-order valence-electron chi connectivity index (χ3n) is 4.18. The molecular weight excluding hydrogens is 294 g/mol. The van der Waals surface area contributed by atoms with Crippen LogP contribution in [0.25, 0.3) is 0 Å². The smallest absolute Gasteiger partial charge is 0.267 e. The van der Waals surface area contributed by atoms with Gasteiger partial charge in [0, 0.05) is 19.4 Å². The monoisotopic (exact) mass is 315 g/mol. The molecule has 6 nitrogen and oxygen atoms in total. The van der Waals surface area contributed by atoms with Crippen LogP contribution in [0.15, 0.2) is 35.4 Å². The van der Waals surface area contributed by atoms with Gasteiger partial charge in [-0.25, -0.2) is 5.01 Å². The van der Waals surface area contributed by atoms with Crippen LogP contribution in [0.5, 0.6) is 0 Å². The predicted molar refractivity (Wildman–Crippen MR) is 87.2 cm³/mol. The molecule has 1 aromatic carbocycles. The van der Waals surface area contributed by atoms with E-state index in [9.17, 15) is 9.59 Å². The zero-order valence-corrected chi connectivity index (χ0v) is 13.2. The molecule has 122 valence electrons. The van der Waals surface area contributed by atoms with Crippen molar-refractivity contribution in [2.24, 2.45) is 5.10 Å². The highest BCUT2D eigenvalue weighted by molar-refractivity contribution is 6.40.